The van der Waals surface area contributed by atoms with Gasteiger partial charge < -0.3 is 19.9 Å². The van der Waals surface area contributed by atoms with Crippen LogP contribution in [0.3, 0.4) is 0 Å². The molecule has 0 saturated carbocycles. The summed E-state index contributed by atoms with van der Waals surface area (Å²) in [6, 6.07) is 13.2. The van der Waals surface area contributed by atoms with E-state index in [1.807, 2.05) is 44.2 Å². The Hall–Kier alpha value is -3.02. The molecule has 0 bridgehead atoms. The third kappa shape index (κ3) is 7.40. The van der Waals surface area contributed by atoms with Crippen molar-refractivity contribution in [2.24, 2.45) is 0 Å². The third-order valence-corrected chi connectivity index (χ3v) is 3.92. The predicted octanol–water partition coefficient (Wildman–Crippen LogP) is 3.24. The van der Waals surface area contributed by atoms with E-state index in [1.54, 1.807) is 12.1 Å². The molecule has 0 unspecified atom stereocenters. The highest BCUT2D eigenvalue weighted by atomic mass is 16.5. The number of carbonyl (C=O) groups excluding carboxylic acids is 1. The van der Waals surface area contributed by atoms with Crippen molar-refractivity contribution in [1.82, 2.24) is 5.32 Å². The summed E-state index contributed by atoms with van der Waals surface area (Å²) >= 11 is 0. The van der Waals surface area contributed by atoms with Crippen LogP contribution < -0.4 is 14.8 Å². The van der Waals surface area contributed by atoms with Gasteiger partial charge in [-0.1, -0.05) is 24.3 Å². The van der Waals surface area contributed by atoms with Gasteiger partial charge in [0.05, 0.1) is 6.61 Å². The van der Waals surface area contributed by atoms with Crippen LogP contribution in [0.2, 0.25) is 0 Å². The molecule has 0 aliphatic heterocycles. The maximum absolute atomic E-state index is 12.0. The standard InChI is InChI=1S/C21H25NO5/c1-15-5-6-16(2)19(12-15)27-14-20(23)22-13-17-7-9-18(10-8-17)26-11-3-4-21(24)25/h5-10,12H,3-4,11,13-14H2,1-2H3,(H,22,23)(H,24,25). The van der Waals surface area contributed by atoms with E-state index in [2.05, 4.69) is 5.32 Å². The molecule has 1 amide bonds. The monoisotopic (exact) mass is 371 g/mol. The number of nitrogens with one attached hydrogen (secondary N) is 1. The zero-order valence-corrected chi connectivity index (χ0v) is 15.7. The van der Waals surface area contributed by atoms with Crippen LogP contribution in [-0.4, -0.2) is 30.2 Å². The number of rotatable bonds is 10. The first-order valence-electron chi connectivity index (χ1n) is 8.84. The zero-order valence-electron chi connectivity index (χ0n) is 15.7. The Bertz CT molecular complexity index is 771. The Balaban J connectivity index is 1.71. The van der Waals surface area contributed by atoms with Crippen LogP contribution >= 0.6 is 0 Å². The molecule has 0 atom stereocenters. The van der Waals surface area contributed by atoms with E-state index in [9.17, 15) is 9.59 Å². The Labute approximate surface area is 159 Å². The van der Waals surface area contributed by atoms with Crippen LogP contribution in [0, 0.1) is 13.8 Å². The molecule has 144 valence electrons. The molecular weight excluding hydrogens is 346 g/mol. The number of hydrogen-bond acceptors (Lipinski definition) is 4. The van der Waals surface area contributed by atoms with Gasteiger partial charge in [-0.25, -0.2) is 0 Å². The number of carboxylic acid groups (broad SMARTS) is 1. The largest absolute Gasteiger partial charge is 0.494 e. The first-order valence-corrected chi connectivity index (χ1v) is 8.84. The van der Waals surface area contributed by atoms with Crippen molar-refractivity contribution in [3.63, 3.8) is 0 Å². The highest BCUT2D eigenvalue weighted by Gasteiger charge is 2.06. The molecule has 0 aliphatic carbocycles. The second-order valence-electron chi connectivity index (χ2n) is 6.32. The van der Waals surface area contributed by atoms with Gasteiger partial charge in [-0.05, 0) is 55.2 Å². The van der Waals surface area contributed by atoms with E-state index in [4.69, 9.17) is 14.6 Å². The summed E-state index contributed by atoms with van der Waals surface area (Å²) in [5.41, 5.74) is 3.02. The van der Waals surface area contributed by atoms with Gasteiger partial charge in [0, 0.05) is 13.0 Å². The van der Waals surface area contributed by atoms with Gasteiger partial charge in [0.2, 0.25) is 0 Å². The summed E-state index contributed by atoms with van der Waals surface area (Å²) in [6.45, 7) is 4.64. The number of hydrogen-bond donors (Lipinski definition) is 2. The smallest absolute Gasteiger partial charge is 0.303 e. The van der Waals surface area contributed by atoms with E-state index >= 15 is 0 Å². The maximum atomic E-state index is 12.0. The molecule has 0 saturated heterocycles. The molecule has 2 aromatic rings. The minimum absolute atomic E-state index is 0.0327. The van der Waals surface area contributed by atoms with Crippen LogP contribution in [0.25, 0.3) is 0 Å². The van der Waals surface area contributed by atoms with Crippen LogP contribution in [0.1, 0.15) is 29.5 Å². The van der Waals surface area contributed by atoms with E-state index in [1.165, 1.54) is 0 Å². The minimum Gasteiger partial charge on any atom is -0.494 e. The van der Waals surface area contributed by atoms with E-state index in [-0.39, 0.29) is 18.9 Å². The van der Waals surface area contributed by atoms with Gasteiger partial charge in [0.1, 0.15) is 11.5 Å². The fourth-order valence-corrected chi connectivity index (χ4v) is 2.37. The van der Waals surface area contributed by atoms with Crippen molar-refractivity contribution in [3.8, 4) is 11.5 Å². The SMILES string of the molecule is Cc1ccc(C)c(OCC(=O)NCc2ccc(OCCCC(=O)O)cc2)c1. The second-order valence-corrected chi connectivity index (χ2v) is 6.32. The van der Waals surface area contributed by atoms with Crippen LogP contribution in [0.15, 0.2) is 42.5 Å². The minimum atomic E-state index is -0.828. The molecule has 2 rings (SSSR count). The fraction of sp³-hybridized carbons (Fsp3) is 0.333. The number of aliphatic carboxylic acids is 1. The molecule has 0 heterocycles. The number of ether oxygens (including phenoxy) is 2. The number of carboxylic acids is 1. The first kappa shape index (κ1) is 20.3. The highest BCUT2D eigenvalue weighted by molar-refractivity contribution is 5.77. The zero-order chi connectivity index (χ0) is 19.6. The van der Waals surface area contributed by atoms with Gasteiger partial charge in [-0.3, -0.25) is 9.59 Å². The van der Waals surface area contributed by atoms with Crippen molar-refractivity contribution in [2.75, 3.05) is 13.2 Å². The Morgan fingerprint density at radius 1 is 1.04 bits per heavy atom. The summed E-state index contributed by atoms with van der Waals surface area (Å²) in [5.74, 6) is 0.374. The van der Waals surface area contributed by atoms with Crippen molar-refractivity contribution in [2.45, 2.75) is 33.2 Å². The number of aryl methyl sites for hydroxylation is 2. The fourth-order valence-electron chi connectivity index (χ4n) is 2.37. The van der Waals surface area contributed by atoms with Crippen LogP contribution in [0.4, 0.5) is 0 Å². The molecule has 0 aliphatic rings. The summed E-state index contributed by atoms with van der Waals surface area (Å²) in [6.07, 6.45) is 0.557. The number of carbonyl (C=O) groups is 2. The van der Waals surface area contributed by atoms with E-state index in [0.717, 1.165) is 22.4 Å². The molecule has 27 heavy (non-hydrogen) atoms. The first-order chi connectivity index (χ1) is 12.9. The molecule has 0 aromatic heterocycles. The van der Waals surface area contributed by atoms with Crippen LogP contribution in [0.5, 0.6) is 11.5 Å². The average Bonchev–Trinajstić information content (AvgIpc) is 2.65. The summed E-state index contributed by atoms with van der Waals surface area (Å²) in [4.78, 5) is 22.4. The second kappa shape index (κ2) is 10.2. The van der Waals surface area contributed by atoms with Crippen LogP contribution in [-0.2, 0) is 16.1 Å². The molecule has 6 heteroatoms. The molecule has 2 aromatic carbocycles. The Kier molecular flexibility index (Phi) is 7.67. The molecule has 0 fully saturated rings. The topological polar surface area (TPSA) is 84.9 Å². The van der Waals surface area contributed by atoms with Gasteiger partial charge >= 0.3 is 5.97 Å². The van der Waals surface area contributed by atoms with Gasteiger partial charge in [-0.2, -0.15) is 0 Å². The quantitative estimate of drug-likeness (QED) is 0.626. The Morgan fingerprint density at radius 3 is 2.48 bits per heavy atom. The lowest BCUT2D eigenvalue weighted by atomic mass is 10.1. The molecular formula is C21H25NO5. The molecule has 2 N–H and O–H groups in total. The Morgan fingerprint density at radius 2 is 1.78 bits per heavy atom. The van der Waals surface area contributed by atoms with Crippen molar-refractivity contribution < 1.29 is 24.2 Å². The molecule has 6 nitrogen and oxygen atoms in total. The van der Waals surface area contributed by atoms with Gasteiger partial charge in [0.25, 0.3) is 5.91 Å². The lowest BCUT2D eigenvalue weighted by Crippen LogP contribution is -2.28. The van der Waals surface area contributed by atoms with E-state index in [0.29, 0.717) is 25.3 Å². The number of benzene rings is 2. The molecule has 0 radical (unpaired) electrons. The lowest BCUT2D eigenvalue weighted by Gasteiger charge is -2.11. The number of amides is 1. The van der Waals surface area contributed by atoms with Crippen molar-refractivity contribution in [1.29, 1.82) is 0 Å². The van der Waals surface area contributed by atoms with Crippen molar-refractivity contribution >= 4 is 11.9 Å². The average molecular weight is 371 g/mol. The normalized spacial score (nSPS) is 10.3. The predicted molar refractivity (Wildman–Crippen MR) is 102 cm³/mol. The lowest BCUT2D eigenvalue weighted by molar-refractivity contribution is -0.137. The highest BCUT2D eigenvalue weighted by Crippen LogP contribution is 2.19. The summed E-state index contributed by atoms with van der Waals surface area (Å²) in [7, 11) is 0. The van der Waals surface area contributed by atoms with Crippen molar-refractivity contribution in [3.05, 3.63) is 59.2 Å². The maximum Gasteiger partial charge on any atom is 0.303 e. The third-order valence-electron chi connectivity index (χ3n) is 3.92. The molecule has 0 spiro atoms. The van der Waals surface area contributed by atoms with Gasteiger partial charge in [0.15, 0.2) is 6.61 Å². The summed E-state index contributed by atoms with van der Waals surface area (Å²) in [5, 5.41) is 11.4. The summed E-state index contributed by atoms with van der Waals surface area (Å²) < 4.78 is 11.1. The van der Waals surface area contributed by atoms with Gasteiger partial charge in [-0.15, -0.1) is 0 Å². The van der Waals surface area contributed by atoms with E-state index < -0.39 is 5.97 Å².